The number of methoxy groups -OCH3 is 1. The number of rotatable bonds is 5. The van der Waals surface area contributed by atoms with E-state index in [0.29, 0.717) is 13.1 Å². The predicted molar refractivity (Wildman–Crippen MR) is 69.1 cm³/mol. The van der Waals surface area contributed by atoms with Crippen LogP contribution in [0.25, 0.3) is 0 Å². The molecule has 96 valence electrons. The molecule has 0 aliphatic heterocycles. The van der Waals surface area contributed by atoms with Gasteiger partial charge in [-0.05, 0) is 19.1 Å². The molecule has 0 aliphatic rings. The molecule has 2 aromatic rings. The van der Waals surface area contributed by atoms with Crippen molar-refractivity contribution in [2.75, 3.05) is 13.7 Å². The molecule has 1 aromatic carbocycles. The first-order valence-electron chi connectivity index (χ1n) is 5.79. The number of benzene rings is 1. The van der Waals surface area contributed by atoms with E-state index >= 15 is 0 Å². The lowest BCUT2D eigenvalue weighted by molar-refractivity contribution is 0.408. The number of aromatic nitrogens is 2. The first-order valence-corrected chi connectivity index (χ1v) is 5.79. The lowest BCUT2D eigenvalue weighted by atomic mass is 10.3. The Kier molecular flexibility index (Phi) is 3.84. The van der Waals surface area contributed by atoms with Gasteiger partial charge in [0.1, 0.15) is 11.5 Å². The van der Waals surface area contributed by atoms with E-state index < -0.39 is 0 Å². The Bertz CT molecular complexity index is 523. The minimum Gasteiger partial charge on any atom is -0.497 e. The van der Waals surface area contributed by atoms with Crippen molar-refractivity contribution in [3.8, 4) is 17.2 Å². The van der Waals surface area contributed by atoms with E-state index in [0.717, 1.165) is 22.9 Å². The van der Waals surface area contributed by atoms with E-state index in [1.54, 1.807) is 13.3 Å². The van der Waals surface area contributed by atoms with Crippen molar-refractivity contribution in [2.24, 2.45) is 5.73 Å². The Morgan fingerprint density at radius 2 is 2.11 bits per heavy atom. The monoisotopic (exact) mass is 247 g/mol. The van der Waals surface area contributed by atoms with Crippen molar-refractivity contribution in [1.29, 1.82) is 0 Å². The van der Waals surface area contributed by atoms with Crippen LogP contribution in [0.15, 0.2) is 30.5 Å². The molecule has 5 heteroatoms. The minimum atomic E-state index is 0.557. The number of nitrogens with zero attached hydrogens (tertiary/aromatic N) is 2. The Morgan fingerprint density at radius 3 is 2.83 bits per heavy atom. The van der Waals surface area contributed by atoms with Gasteiger partial charge in [0, 0.05) is 12.6 Å². The van der Waals surface area contributed by atoms with Crippen molar-refractivity contribution in [2.45, 2.75) is 13.5 Å². The van der Waals surface area contributed by atoms with Crippen molar-refractivity contribution in [3.63, 3.8) is 0 Å². The predicted octanol–water partition coefficient (Wildman–Crippen LogP) is 1.95. The minimum absolute atomic E-state index is 0.557. The van der Waals surface area contributed by atoms with Crippen LogP contribution in [-0.2, 0) is 6.54 Å². The highest BCUT2D eigenvalue weighted by molar-refractivity contribution is 5.37. The molecule has 0 bridgehead atoms. The molecule has 1 aromatic heterocycles. The zero-order chi connectivity index (χ0) is 13.0. The molecule has 0 amide bonds. The third kappa shape index (κ3) is 2.62. The highest BCUT2D eigenvalue weighted by Gasteiger charge is 2.08. The first-order chi connectivity index (χ1) is 8.74. The average Bonchev–Trinajstić information content (AvgIpc) is 2.72. The van der Waals surface area contributed by atoms with Gasteiger partial charge in [-0.25, -0.2) is 0 Å². The number of ether oxygens (including phenoxy) is 2. The first kappa shape index (κ1) is 12.4. The molecule has 0 fully saturated rings. The Labute approximate surface area is 106 Å². The summed E-state index contributed by atoms with van der Waals surface area (Å²) in [6, 6.07) is 7.47. The molecule has 18 heavy (non-hydrogen) atoms. The SMILES string of the molecule is COc1cccc(Oc2cnn(CCN)c2C)c1. The highest BCUT2D eigenvalue weighted by Crippen LogP contribution is 2.27. The standard InChI is InChI=1S/C13H17N3O2/c1-10-13(9-15-16(10)7-6-14)18-12-5-3-4-11(8-12)17-2/h3-5,8-9H,6-7,14H2,1-2H3. The third-order valence-corrected chi connectivity index (χ3v) is 2.67. The Balaban J connectivity index is 2.17. The zero-order valence-corrected chi connectivity index (χ0v) is 10.6. The van der Waals surface area contributed by atoms with Gasteiger partial charge in [-0.3, -0.25) is 4.68 Å². The van der Waals surface area contributed by atoms with Crippen LogP contribution in [0.2, 0.25) is 0 Å². The summed E-state index contributed by atoms with van der Waals surface area (Å²) in [6.07, 6.45) is 1.70. The van der Waals surface area contributed by atoms with Crippen LogP contribution in [-0.4, -0.2) is 23.4 Å². The smallest absolute Gasteiger partial charge is 0.168 e. The molecule has 0 radical (unpaired) electrons. The van der Waals surface area contributed by atoms with Gasteiger partial charge in [0.15, 0.2) is 5.75 Å². The second-order valence-electron chi connectivity index (χ2n) is 3.89. The van der Waals surface area contributed by atoms with Gasteiger partial charge in [0.2, 0.25) is 0 Å². The summed E-state index contributed by atoms with van der Waals surface area (Å²) in [5.41, 5.74) is 6.47. The molecule has 0 atom stereocenters. The summed E-state index contributed by atoms with van der Waals surface area (Å²) in [6.45, 7) is 3.20. The Morgan fingerprint density at radius 1 is 1.33 bits per heavy atom. The molecule has 0 spiro atoms. The lowest BCUT2D eigenvalue weighted by Crippen LogP contribution is -2.12. The summed E-state index contributed by atoms with van der Waals surface area (Å²) in [5.74, 6) is 2.22. The van der Waals surface area contributed by atoms with Crippen molar-refractivity contribution in [3.05, 3.63) is 36.2 Å². The van der Waals surface area contributed by atoms with E-state index in [4.69, 9.17) is 15.2 Å². The van der Waals surface area contributed by atoms with Gasteiger partial charge < -0.3 is 15.2 Å². The van der Waals surface area contributed by atoms with Crippen molar-refractivity contribution in [1.82, 2.24) is 9.78 Å². The van der Waals surface area contributed by atoms with Gasteiger partial charge >= 0.3 is 0 Å². The second kappa shape index (κ2) is 5.55. The van der Waals surface area contributed by atoms with E-state index in [1.165, 1.54) is 0 Å². The zero-order valence-electron chi connectivity index (χ0n) is 10.6. The van der Waals surface area contributed by atoms with Crippen LogP contribution in [0, 0.1) is 6.92 Å². The summed E-state index contributed by atoms with van der Waals surface area (Å²) in [4.78, 5) is 0. The van der Waals surface area contributed by atoms with E-state index in [-0.39, 0.29) is 0 Å². The fraction of sp³-hybridized carbons (Fsp3) is 0.308. The maximum absolute atomic E-state index is 5.77. The molecule has 5 nitrogen and oxygen atoms in total. The van der Waals surface area contributed by atoms with E-state index in [1.807, 2.05) is 35.9 Å². The van der Waals surface area contributed by atoms with Crippen LogP contribution >= 0.6 is 0 Å². The maximum Gasteiger partial charge on any atom is 0.168 e. The largest absolute Gasteiger partial charge is 0.497 e. The molecule has 0 saturated heterocycles. The maximum atomic E-state index is 5.77. The topological polar surface area (TPSA) is 62.3 Å². The molecule has 2 N–H and O–H groups in total. The molecular formula is C13H17N3O2. The van der Waals surface area contributed by atoms with Crippen LogP contribution in [0.5, 0.6) is 17.2 Å². The normalized spacial score (nSPS) is 10.4. The number of nitrogens with two attached hydrogens (primary N) is 1. The summed E-state index contributed by atoms with van der Waals surface area (Å²) >= 11 is 0. The van der Waals surface area contributed by atoms with Gasteiger partial charge in [-0.2, -0.15) is 5.10 Å². The van der Waals surface area contributed by atoms with E-state index in [2.05, 4.69) is 5.10 Å². The molecule has 0 unspecified atom stereocenters. The fourth-order valence-electron chi connectivity index (χ4n) is 1.67. The van der Waals surface area contributed by atoms with Gasteiger partial charge in [-0.1, -0.05) is 6.07 Å². The average molecular weight is 247 g/mol. The highest BCUT2D eigenvalue weighted by atomic mass is 16.5. The van der Waals surface area contributed by atoms with Crippen LogP contribution in [0.1, 0.15) is 5.69 Å². The molecule has 0 saturated carbocycles. The fourth-order valence-corrected chi connectivity index (χ4v) is 1.67. The van der Waals surface area contributed by atoms with Crippen LogP contribution in [0.3, 0.4) is 0 Å². The van der Waals surface area contributed by atoms with Crippen LogP contribution < -0.4 is 15.2 Å². The molecular weight excluding hydrogens is 230 g/mol. The summed E-state index contributed by atoms with van der Waals surface area (Å²) in [5, 5.41) is 4.22. The van der Waals surface area contributed by atoms with Gasteiger partial charge in [0.25, 0.3) is 0 Å². The lowest BCUT2D eigenvalue weighted by Gasteiger charge is -2.07. The summed E-state index contributed by atoms with van der Waals surface area (Å²) < 4.78 is 12.8. The number of hydrogen-bond acceptors (Lipinski definition) is 4. The molecule has 0 aliphatic carbocycles. The third-order valence-electron chi connectivity index (χ3n) is 2.67. The molecule has 2 rings (SSSR count). The van der Waals surface area contributed by atoms with Crippen molar-refractivity contribution < 1.29 is 9.47 Å². The quantitative estimate of drug-likeness (QED) is 0.877. The molecule has 1 heterocycles. The van der Waals surface area contributed by atoms with Gasteiger partial charge in [-0.15, -0.1) is 0 Å². The number of hydrogen-bond donors (Lipinski definition) is 1. The van der Waals surface area contributed by atoms with Gasteiger partial charge in [0.05, 0.1) is 25.5 Å². The second-order valence-corrected chi connectivity index (χ2v) is 3.89. The van der Waals surface area contributed by atoms with Crippen LogP contribution in [0.4, 0.5) is 0 Å². The van der Waals surface area contributed by atoms with E-state index in [9.17, 15) is 0 Å². The van der Waals surface area contributed by atoms with Crippen molar-refractivity contribution >= 4 is 0 Å². The summed E-state index contributed by atoms with van der Waals surface area (Å²) in [7, 11) is 1.63. The Hall–Kier alpha value is -2.01.